The molecule has 0 radical (unpaired) electrons. The smallest absolute Gasteiger partial charge is 0.320 e. The minimum Gasteiger partial charge on any atom is -0.508 e. The van der Waals surface area contributed by atoms with E-state index in [-0.39, 0.29) is 11.8 Å². The second-order valence-corrected chi connectivity index (χ2v) is 3.81. The third-order valence-corrected chi connectivity index (χ3v) is 2.60. The molecule has 0 saturated heterocycles. The van der Waals surface area contributed by atoms with E-state index < -0.39 is 12.0 Å². The van der Waals surface area contributed by atoms with Crippen molar-refractivity contribution >= 4 is 5.97 Å². The maximum Gasteiger partial charge on any atom is 0.320 e. The fraction of sp³-hybridized carbons (Fsp3) is 0.364. The van der Waals surface area contributed by atoms with Crippen LogP contribution < -0.4 is 10.1 Å². The van der Waals surface area contributed by atoms with Crippen LogP contribution in [-0.4, -0.2) is 28.8 Å². The van der Waals surface area contributed by atoms with E-state index >= 15 is 0 Å². The Kier molecular flexibility index (Phi) is 2.70. The molecule has 1 aromatic carbocycles. The number of carboxylic acids is 1. The molecule has 2 rings (SSSR count). The van der Waals surface area contributed by atoms with Gasteiger partial charge < -0.3 is 14.9 Å². The average molecular weight is 223 g/mol. The number of aromatic hydroxyl groups is 1. The molecule has 16 heavy (non-hydrogen) atoms. The number of aliphatic carboxylic acids is 1. The van der Waals surface area contributed by atoms with Gasteiger partial charge in [0.1, 0.15) is 24.1 Å². The molecule has 1 aliphatic rings. The van der Waals surface area contributed by atoms with Crippen molar-refractivity contribution in [3.05, 3.63) is 23.8 Å². The van der Waals surface area contributed by atoms with Gasteiger partial charge in [-0.05, 0) is 19.1 Å². The predicted molar refractivity (Wildman–Crippen MR) is 56.6 cm³/mol. The minimum atomic E-state index is -0.896. The Hall–Kier alpha value is -1.75. The van der Waals surface area contributed by atoms with E-state index in [0.29, 0.717) is 12.4 Å². The molecule has 2 unspecified atom stereocenters. The number of carboxylic acid groups (broad SMARTS) is 1. The number of ether oxygens (including phenoxy) is 1. The summed E-state index contributed by atoms with van der Waals surface area (Å²) in [6.45, 7) is 1.97. The highest BCUT2D eigenvalue weighted by atomic mass is 16.5. The fourth-order valence-corrected chi connectivity index (χ4v) is 1.71. The molecule has 0 bridgehead atoms. The lowest BCUT2D eigenvalue weighted by Crippen LogP contribution is -2.37. The largest absolute Gasteiger partial charge is 0.508 e. The van der Waals surface area contributed by atoms with Crippen LogP contribution in [-0.2, 0) is 4.79 Å². The summed E-state index contributed by atoms with van der Waals surface area (Å²) in [7, 11) is 0. The lowest BCUT2D eigenvalue weighted by Gasteiger charge is -2.14. The number of fused-ring (bicyclic) bond motifs is 1. The Labute approximate surface area is 92.7 Å². The van der Waals surface area contributed by atoms with Gasteiger partial charge in [0.15, 0.2) is 0 Å². The molecule has 0 aliphatic carbocycles. The van der Waals surface area contributed by atoms with Crippen molar-refractivity contribution in [3.63, 3.8) is 0 Å². The molecule has 0 spiro atoms. The molecule has 0 aromatic heterocycles. The zero-order valence-corrected chi connectivity index (χ0v) is 8.80. The normalized spacial score (nSPS) is 19.9. The van der Waals surface area contributed by atoms with Crippen LogP contribution in [0.15, 0.2) is 18.2 Å². The molecule has 1 aromatic rings. The standard InChI is InChI=1S/C11H13NO4/c1-6(11(14)15)12-9-5-16-10-4-7(13)2-3-8(9)10/h2-4,6,9,12-13H,5H2,1H3,(H,14,15). The molecule has 86 valence electrons. The van der Waals surface area contributed by atoms with Crippen molar-refractivity contribution in [1.82, 2.24) is 5.32 Å². The Balaban J connectivity index is 2.15. The van der Waals surface area contributed by atoms with E-state index in [4.69, 9.17) is 9.84 Å². The van der Waals surface area contributed by atoms with Crippen LogP contribution in [0.4, 0.5) is 0 Å². The minimum absolute atomic E-state index is 0.137. The van der Waals surface area contributed by atoms with Crippen LogP contribution in [0, 0.1) is 0 Å². The first-order valence-electron chi connectivity index (χ1n) is 5.02. The highest BCUT2D eigenvalue weighted by Gasteiger charge is 2.27. The number of benzene rings is 1. The third-order valence-electron chi connectivity index (χ3n) is 2.60. The second-order valence-electron chi connectivity index (χ2n) is 3.81. The van der Waals surface area contributed by atoms with Crippen LogP contribution in [0.3, 0.4) is 0 Å². The Bertz CT molecular complexity index is 418. The summed E-state index contributed by atoms with van der Waals surface area (Å²) in [6, 6.07) is 4.06. The molecule has 2 atom stereocenters. The van der Waals surface area contributed by atoms with Crippen LogP contribution in [0.1, 0.15) is 18.5 Å². The zero-order chi connectivity index (χ0) is 11.7. The van der Waals surface area contributed by atoms with Gasteiger partial charge in [0.2, 0.25) is 0 Å². The van der Waals surface area contributed by atoms with Gasteiger partial charge in [0.25, 0.3) is 0 Å². The van der Waals surface area contributed by atoms with Gasteiger partial charge in [0.05, 0.1) is 6.04 Å². The Morgan fingerprint density at radius 3 is 3.06 bits per heavy atom. The maximum atomic E-state index is 10.7. The van der Waals surface area contributed by atoms with Gasteiger partial charge in [-0.1, -0.05) is 0 Å². The van der Waals surface area contributed by atoms with Crippen LogP contribution in [0.2, 0.25) is 0 Å². The lowest BCUT2D eigenvalue weighted by atomic mass is 10.1. The number of nitrogens with one attached hydrogen (secondary N) is 1. The van der Waals surface area contributed by atoms with Crippen LogP contribution in [0.5, 0.6) is 11.5 Å². The zero-order valence-electron chi connectivity index (χ0n) is 8.80. The molecule has 5 nitrogen and oxygen atoms in total. The molecular formula is C11H13NO4. The van der Waals surface area contributed by atoms with E-state index in [1.165, 1.54) is 6.07 Å². The van der Waals surface area contributed by atoms with Crippen molar-refractivity contribution in [2.75, 3.05) is 6.61 Å². The number of phenolic OH excluding ortho intramolecular Hbond substituents is 1. The van der Waals surface area contributed by atoms with Crippen molar-refractivity contribution < 1.29 is 19.7 Å². The summed E-state index contributed by atoms with van der Waals surface area (Å²) in [5, 5.41) is 21.0. The molecule has 0 amide bonds. The van der Waals surface area contributed by atoms with E-state index in [0.717, 1.165) is 5.56 Å². The quantitative estimate of drug-likeness (QED) is 0.709. The SMILES string of the molecule is CC(NC1COc2cc(O)ccc21)C(=O)O. The van der Waals surface area contributed by atoms with Crippen molar-refractivity contribution in [2.24, 2.45) is 0 Å². The number of phenols is 1. The number of carbonyl (C=O) groups is 1. The van der Waals surface area contributed by atoms with Crippen molar-refractivity contribution in [2.45, 2.75) is 19.0 Å². The van der Waals surface area contributed by atoms with E-state index in [9.17, 15) is 9.90 Å². The van der Waals surface area contributed by atoms with E-state index in [1.54, 1.807) is 19.1 Å². The number of rotatable bonds is 3. The highest BCUT2D eigenvalue weighted by molar-refractivity contribution is 5.73. The molecule has 1 heterocycles. The van der Waals surface area contributed by atoms with E-state index in [2.05, 4.69) is 5.32 Å². The molecule has 1 aliphatic heterocycles. The molecule has 5 heteroatoms. The van der Waals surface area contributed by atoms with Crippen molar-refractivity contribution in [3.8, 4) is 11.5 Å². The van der Waals surface area contributed by atoms with Gasteiger partial charge >= 0.3 is 5.97 Å². The first-order chi connectivity index (χ1) is 7.58. The summed E-state index contributed by atoms with van der Waals surface area (Å²) in [5.41, 5.74) is 0.880. The monoisotopic (exact) mass is 223 g/mol. The average Bonchev–Trinajstić information content (AvgIpc) is 2.60. The molecule has 0 saturated carbocycles. The Morgan fingerprint density at radius 1 is 1.62 bits per heavy atom. The van der Waals surface area contributed by atoms with Crippen LogP contribution in [0.25, 0.3) is 0 Å². The second kappa shape index (κ2) is 4.02. The van der Waals surface area contributed by atoms with Gasteiger partial charge in [-0.25, -0.2) is 0 Å². The third kappa shape index (κ3) is 1.94. The summed E-state index contributed by atoms with van der Waals surface area (Å²) < 4.78 is 5.36. The molecule has 0 fully saturated rings. The van der Waals surface area contributed by atoms with Crippen LogP contribution >= 0.6 is 0 Å². The summed E-state index contributed by atoms with van der Waals surface area (Å²) in [4.78, 5) is 10.7. The van der Waals surface area contributed by atoms with Gasteiger partial charge in [-0.15, -0.1) is 0 Å². The van der Waals surface area contributed by atoms with Crippen molar-refractivity contribution in [1.29, 1.82) is 0 Å². The molecule has 3 N–H and O–H groups in total. The van der Waals surface area contributed by atoms with Gasteiger partial charge in [-0.3, -0.25) is 10.1 Å². The Morgan fingerprint density at radius 2 is 2.38 bits per heavy atom. The molecular weight excluding hydrogens is 210 g/mol. The summed E-state index contributed by atoms with van der Waals surface area (Å²) in [6.07, 6.45) is 0. The predicted octanol–water partition coefficient (Wildman–Crippen LogP) is 0.888. The fourth-order valence-electron chi connectivity index (χ4n) is 1.71. The lowest BCUT2D eigenvalue weighted by molar-refractivity contribution is -0.139. The van der Waals surface area contributed by atoms with E-state index in [1.807, 2.05) is 0 Å². The number of hydrogen-bond acceptors (Lipinski definition) is 4. The first-order valence-corrected chi connectivity index (χ1v) is 5.02. The maximum absolute atomic E-state index is 10.7. The topological polar surface area (TPSA) is 78.8 Å². The first kappa shape index (κ1) is 10.8. The summed E-state index contributed by atoms with van der Waals surface area (Å²) in [5.74, 6) is -0.145. The van der Waals surface area contributed by atoms with Gasteiger partial charge in [0, 0.05) is 11.6 Å². The summed E-state index contributed by atoms with van der Waals surface area (Å²) >= 11 is 0. The van der Waals surface area contributed by atoms with Gasteiger partial charge in [-0.2, -0.15) is 0 Å². The highest BCUT2D eigenvalue weighted by Crippen LogP contribution is 2.34. The number of hydrogen-bond donors (Lipinski definition) is 3.